The van der Waals surface area contributed by atoms with Gasteiger partial charge >= 0.3 is 10.1 Å². The zero-order valence-corrected chi connectivity index (χ0v) is 14.1. The number of nitrogens with zero attached hydrogens (tertiary/aromatic N) is 2. The van der Waals surface area contributed by atoms with Crippen molar-refractivity contribution in [2.75, 3.05) is 0 Å². The number of carbonyl (C=O) groups excluding carboxylic acids is 1. The van der Waals surface area contributed by atoms with Crippen molar-refractivity contribution in [3.05, 3.63) is 62.9 Å². The maximum atomic E-state index is 13.6. The van der Waals surface area contributed by atoms with Crippen LogP contribution in [0.25, 0.3) is 0 Å². The Kier molecular flexibility index (Phi) is 4.64. The van der Waals surface area contributed by atoms with Gasteiger partial charge in [0, 0.05) is 5.57 Å². The second-order valence-corrected chi connectivity index (χ2v) is 7.01. The largest absolute Gasteiger partial charge is 0.372 e. The monoisotopic (exact) mass is 426 g/mol. The Hall–Kier alpha value is -2.60. The molecule has 1 atom stereocenters. The van der Waals surface area contributed by atoms with Crippen molar-refractivity contribution >= 4 is 27.6 Å². The van der Waals surface area contributed by atoms with Gasteiger partial charge in [-0.15, -0.1) is 10.2 Å². The van der Waals surface area contributed by atoms with E-state index < -0.39 is 61.7 Å². The van der Waals surface area contributed by atoms with Crippen LogP contribution < -0.4 is 4.18 Å². The van der Waals surface area contributed by atoms with Gasteiger partial charge in [0.15, 0.2) is 5.16 Å². The molecule has 0 saturated carbocycles. The zero-order valence-electron chi connectivity index (χ0n) is 12.5. The van der Waals surface area contributed by atoms with Gasteiger partial charge in [0.2, 0.25) is 34.8 Å². The first-order chi connectivity index (χ1) is 12.5. The number of azo groups is 1. The Morgan fingerprint density at radius 2 is 1.48 bits per heavy atom. The molecular weight excluding hydrogens is 423 g/mol. The standard InChI is InChI=1S/C14H4ClF5N2O4S/c15-13-5-2-1-4(3-6(5)14(23)22-21-13)27(24,25)26-12-10(19)8(17)7(16)9(18)11(12)20/h1-3,6H. The summed E-state index contributed by atoms with van der Waals surface area (Å²) < 4.78 is 95.1. The molecule has 13 heteroatoms. The summed E-state index contributed by atoms with van der Waals surface area (Å²) in [4.78, 5) is 10.9. The molecule has 1 aromatic carbocycles. The third-order valence-electron chi connectivity index (χ3n) is 3.49. The summed E-state index contributed by atoms with van der Waals surface area (Å²) in [6.45, 7) is 0. The summed E-state index contributed by atoms with van der Waals surface area (Å²) in [5.41, 5.74) is 0.104. The van der Waals surface area contributed by atoms with Gasteiger partial charge in [-0.2, -0.15) is 17.2 Å². The van der Waals surface area contributed by atoms with E-state index in [2.05, 4.69) is 14.4 Å². The molecule has 0 radical (unpaired) electrons. The second kappa shape index (κ2) is 6.53. The minimum atomic E-state index is -5.07. The highest BCUT2D eigenvalue weighted by atomic mass is 35.5. The van der Waals surface area contributed by atoms with E-state index in [-0.39, 0.29) is 10.7 Å². The van der Waals surface area contributed by atoms with Crippen LogP contribution in [-0.4, -0.2) is 14.3 Å². The van der Waals surface area contributed by atoms with Crippen molar-refractivity contribution in [2.45, 2.75) is 0 Å². The summed E-state index contributed by atoms with van der Waals surface area (Å²) in [6.07, 6.45) is 2.71. The van der Waals surface area contributed by atoms with Gasteiger partial charge < -0.3 is 4.18 Å². The molecule has 0 aromatic heterocycles. The van der Waals surface area contributed by atoms with Gasteiger partial charge in [-0.05, 0) is 12.2 Å². The van der Waals surface area contributed by atoms with Gasteiger partial charge in [-0.25, -0.2) is 13.2 Å². The van der Waals surface area contributed by atoms with Crippen LogP contribution in [0.5, 0.6) is 5.75 Å². The first-order valence-corrected chi connectivity index (χ1v) is 8.54. The molecule has 1 amide bonds. The lowest BCUT2D eigenvalue weighted by molar-refractivity contribution is -0.120. The molecule has 142 valence electrons. The molecule has 1 aromatic rings. The summed E-state index contributed by atoms with van der Waals surface area (Å²) >= 11 is 5.73. The molecule has 3 rings (SSSR count). The lowest BCUT2D eigenvalue weighted by Crippen LogP contribution is -2.22. The minimum absolute atomic E-state index is 0.104. The van der Waals surface area contributed by atoms with Crippen LogP contribution >= 0.6 is 11.6 Å². The topological polar surface area (TPSA) is 85.2 Å². The number of amides is 1. The zero-order chi connectivity index (χ0) is 20.1. The predicted octanol–water partition coefficient (Wildman–Crippen LogP) is 3.60. The number of allylic oxidation sites excluding steroid dienone is 2. The summed E-state index contributed by atoms with van der Waals surface area (Å²) in [5, 5.41) is 6.33. The summed E-state index contributed by atoms with van der Waals surface area (Å²) in [7, 11) is -5.07. The van der Waals surface area contributed by atoms with Crippen LogP contribution in [0, 0.1) is 35.0 Å². The van der Waals surface area contributed by atoms with E-state index in [0.717, 1.165) is 18.2 Å². The van der Waals surface area contributed by atoms with Gasteiger partial charge in [-0.1, -0.05) is 17.7 Å². The Morgan fingerprint density at radius 1 is 0.926 bits per heavy atom. The van der Waals surface area contributed by atoms with Gasteiger partial charge in [-0.3, -0.25) is 4.79 Å². The van der Waals surface area contributed by atoms with Crippen LogP contribution in [0.3, 0.4) is 0 Å². The molecule has 6 nitrogen and oxygen atoms in total. The molecule has 0 N–H and O–H groups in total. The van der Waals surface area contributed by atoms with E-state index in [4.69, 9.17) is 11.6 Å². The third kappa shape index (κ3) is 3.14. The summed E-state index contributed by atoms with van der Waals surface area (Å²) in [6, 6.07) is 0. The van der Waals surface area contributed by atoms with E-state index in [0.29, 0.717) is 0 Å². The van der Waals surface area contributed by atoms with Crippen LogP contribution in [0.4, 0.5) is 22.0 Å². The highest BCUT2D eigenvalue weighted by Gasteiger charge is 2.35. The average molecular weight is 427 g/mol. The smallest absolute Gasteiger partial charge is 0.339 e. The first-order valence-electron chi connectivity index (χ1n) is 6.75. The van der Waals surface area contributed by atoms with Gasteiger partial charge in [0.1, 0.15) is 4.91 Å². The third-order valence-corrected chi connectivity index (χ3v) is 5.01. The molecule has 1 unspecified atom stereocenters. The minimum Gasteiger partial charge on any atom is -0.372 e. The molecular formula is C14H4ClF5N2O4S. The first kappa shape index (κ1) is 19.2. The highest BCUT2D eigenvalue weighted by Crippen LogP contribution is 2.35. The van der Waals surface area contributed by atoms with Crippen molar-refractivity contribution in [1.82, 2.24) is 0 Å². The number of benzene rings is 1. The molecule has 1 aliphatic heterocycles. The van der Waals surface area contributed by atoms with E-state index in [9.17, 15) is 35.2 Å². The number of halogens is 6. The van der Waals surface area contributed by atoms with Crippen LogP contribution in [0.15, 0.2) is 44.1 Å². The molecule has 0 saturated heterocycles. The maximum Gasteiger partial charge on any atom is 0.339 e. The molecule has 0 spiro atoms. The van der Waals surface area contributed by atoms with Gasteiger partial charge in [0.05, 0.1) is 5.92 Å². The van der Waals surface area contributed by atoms with Crippen LogP contribution in [0.2, 0.25) is 0 Å². The average Bonchev–Trinajstić information content (AvgIpc) is 2.65. The molecule has 0 bridgehead atoms. The molecule has 1 aliphatic carbocycles. The lowest BCUT2D eigenvalue weighted by Gasteiger charge is -2.19. The quantitative estimate of drug-likeness (QED) is 0.243. The van der Waals surface area contributed by atoms with E-state index in [1.165, 1.54) is 0 Å². The second-order valence-electron chi connectivity index (χ2n) is 5.10. The van der Waals surface area contributed by atoms with E-state index >= 15 is 0 Å². The van der Waals surface area contributed by atoms with Crippen molar-refractivity contribution in [2.24, 2.45) is 16.1 Å². The fourth-order valence-electron chi connectivity index (χ4n) is 2.18. The maximum absolute atomic E-state index is 13.6. The van der Waals surface area contributed by atoms with Crippen LogP contribution in [0.1, 0.15) is 0 Å². The fourth-order valence-corrected chi connectivity index (χ4v) is 3.40. The highest BCUT2D eigenvalue weighted by molar-refractivity contribution is 7.91. The van der Waals surface area contributed by atoms with E-state index in [1.54, 1.807) is 0 Å². The number of hydrogen-bond donors (Lipinski definition) is 0. The Morgan fingerprint density at radius 3 is 2.07 bits per heavy atom. The SMILES string of the molecule is O=C1N=NC(Cl)=C2C=CC(S(=O)(=O)Oc3c(F)c(F)c(F)c(F)c3F)=CC12. The van der Waals surface area contributed by atoms with Gasteiger partial charge in [0.25, 0.3) is 5.91 Å². The predicted molar refractivity (Wildman–Crippen MR) is 79.2 cm³/mol. The van der Waals surface area contributed by atoms with Crippen molar-refractivity contribution in [1.29, 1.82) is 0 Å². The van der Waals surface area contributed by atoms with Crippen molar-refractivity contribution < 1.29 is 39.3 Å². The van der Waals surface area contributed by atoms with E-state index in [1.807, 2.05) is 0 Å². The Bertz CT molecular complexity index is 1080. The van der Waals surface area contributed by atoms with Crippen molar-refractivity contribution in [3.63, 3.8) is 0 Å². The number of fused-ring (bicyclic) bond motifs is 1. The number of hydrogen-bond acceptors (Lipinski definition) is 5. The van der Waals surface area contributed by atoms with Crippen LogP contribution in [-0.2, 0) is 14.9 Å². The Labute approximate surface area is 152 Å². The van der Waals surface area contributed by atoms with Crippen molar-refractivity contribution in [3.8, 4) is 5.75 Å². The lowest BCUT2D eigenvalue weighted by atomic mass is 9.94. The molecule has 0 fully saturated rings. The Balaban J connectivity index is 2.03. The fraction of sp³-hybridized carbons (Fsp3) is 0.0714. The number of carbonyl (C=O) groups is 1. The molecule has 27 heavy (non-hydrogen) atoms. The molecule has 1 heterocycles. The summed E-state index contributed by atoms with van der Waals surface area (Å²) in [5.74, 6) is -16.3. The normalized spacial score (nSPS) is 19.3. The number of rotatable bonds is 3. The molecule has 2 aliphatic rings.